The van der Waals surface area contributed by atoms with Gasteiger partial charge in [-0.25, -0.2) is 4.98 Å². The van der Waals surface area contributed by atoms with Crippen LogP contribution >= 0.6 is 0 Å². The number of fused-ring (bicyclic) bond motifs is 1. The first-order valence-electron chi connectivity index (χ1n) is 7.93. The standard InChI is InChI=1S/C16H25N3O/c1-2-17-12-13-6-5-9-16(18-13)19-10-11-20-15-8-4-3-7-14(15)19/h5-6,9,14-15,17H,2-4,7-8,10-12H2,1H3. The van der Waals surface area contributed by atoms with Crippen molar-refractivity contribution in [3.8, 4) is 0 Å². The second kappa shape index (κ2) is 6.55. The van der Waals surface area contributed by atoms with E-state index in [9.17, 15) is 0 Å². The van der Waals surface area contributed by atoms with Crippen LogP contribution in [0.1, 0.15) is 38.3 Å². The Kier molecular flexibility index (Phi) is 4.53. The van der Waals surface area contributed by atoms with Crippen LogP contribution in [0.25, 0.3) is 0 Å². The first-order chi connectivity index (χ1) is 9.88. The van der Waals surface area contributed by atoms with Gasteiger partial charge in [-0.15, -0.1) is 0 Å². The highest BCUT2D eigenvalue weighted by Gasteiger charge is 2.34. The molecule has 110 valence electrons. The molecule has 0 amide bonds. The van der Waals surface area contributed by atoms with Crippen LogP contribution < -0.4 is 10.2 Å². The van der Waals surface area contributed by atoms with Gasteiger partial charge < -0.3 is 15.0 Å². The number of hydrogen-bond donors (Lipinski definition) is 1. The number of morpholine rings is 1. The number of ether oxygens (including phenoxy) is 1. The monoisotopic (exact) mass is 275 g/mol. The molecule has 1 saturated carbocycles. The third-order valence-corrected chi connectivity index (χ3v) is 4.37. The van der Waals surface area contributed by atoms with Gasteiger partial charge in [0, 0.05) is 13.1 Å². The molecule has 4 heteroatoms. The molecule has 20 heavy (non-hydrogen) atoms. The van der Waals surface area contributed by atoms with E-state index < -0.39 is 0 Å². The van der Waals surface area contributed by atoms with Crippen LogP contribution in [0.5, 0.6) is 0 Å². The van der Waals surface area contributed by atoms with Gasteiger partial charge in [-0.1, -0.05) is 25.8 Å². The van der Waals surface area contributed by atoms with Gasteiger partial charge in [0.25, 0.3) is 0 Å². The molecule has 1 saturated heterocycles. The minimum atomic E-state index is 0.414. The fraction of sp³-hybridized carbons (Fsp3) is 0.688. The van der Waals surface area contributed by atoms with Crippen molar-refractivity contribution in [2.24, 2.45) is 0 Å². The lowest BCUT2D eigenvalue weighted by molar-refractivity contribution is -0.00899. The first-order valence-corrected chi connectivity index (χ1v) is 7.93. The van der Waals surface area contributed by atoms with Crippen molar-refractivity contribution in [2.45, 2.75) is 51.3 Å². The summed E-state index contributed by atoms with van der Waals surface area (Å²) < 4.78 is 5.95. The molecule has 0 bridgehead atoms. The van der Waals surface area contributed by atoms with Gasteiger partial charge in [-0.05, 0) is 31.5 Å². The highest BCUT2D eigenvalue weighted by molar-refractivity contribution is 5.41. The second-order valence-electron chi connectivity index (χ2n) is 5.72. The highest BCUT2D eigenvalue weighted by Crippen LogP contribution is 2.31. The fourth-order valence-corrected chi connectivity index (χ4v) is 3.36. The van der Waals surface area contributed by atoms with Gasteiger partial charge in [0.15, 0.2) is 0 Å². The Labute approximate surface area is 121 Å². The van der Waals surface area contributed by atoms with E-state index >= 15 is 0 Å². The van der Waals surface area contributed by atoms with Crippen LogP contribution in [-0.4, -0.2) is 36.8 Å². The summed E-state index contributed by atoms with van der Waals surface area (Å²) in [5.74, 6) is 1.13. The zero-order valence-corrected chi connectivity index (χ0v) is 12.3. The van der Waals surface area contributed by atoms with E-state index in [2.05, 4.69) is 35.3 Å². The van der Waals surface area contributed by atoms with Crippen LogP contribution in [0.3, 0.4) is 0 Å². The molecule has 1 aliphatic heterocycles. The number of aromatic nitrogens is 1. The lowest BCUT2D eigenvalue weighted by Gasteiger charge is -2.44. The van der Waals surface area contributed by atoms with Gasteiger partial charge in [0.1, 0.15) is 5.82 Å². The molecular weight excluding hydrogens is 250 g/mol. The number of nitrogens with zero attached hydrogens (tertiary/aromatic N) is 2. The molecule has 4 nitrogen and oxygen atoms in total. The van der Waals surface area contributed by atoms with Crippen molar-refractivity contribution < 1.29 is 4.74 Å². The molecule has 0 spiro atoms. The predicted octanol–water partition coefficient (Wildman–Crippen LogP) is 2.34. The number of rotatable bonds is 4. The Morgan fingerprint density at radius 2 is 2.25 bits per heavy atom. The van der Waals surface area contributed by atoms with Crippen molar-refractivity contribution in [3.05, 3.63) is 23.9 Å². The average molecular weight is 275 g/mol. The highest BCUT2D eigenvalue weighted by atomic mass is 16.5. The maximum atomic E-state index is 5.95. The van der Waals surface area contributed by atoms with Crippen molar-refractivity contribution in [1.29, 1.82) is 0 Å². The van der Waals surface area contributed by atoms with Crippen molar-refractivity contribution in [1.82, 2.24) is 10.3 Å². The summed E-state index contributed by atoms with van der Waals surface area (Å²) in [5, 5.41) is 3.35. The molecule has 2 atom stereocenters. The smallest absolute Gasteiger partial charge is 0.129 e. The normalized spacial score (nSPS) is 26.4. The van der Waals surface area contributed by atoms with E-state index in [1.807, 2.05) is 0 Å². The molecule has 1 aliphatic carbocycles. The lowest BCUT2D eigenvalue weighted by atomic mass is 9.90. The predicted molar refractivity (Wildman–Crippen MR) is 81.0 cm³/mol. The van der Waals surface area contributed by atoms with Crippen molar-refractivity contribution in [2.75, 3.05) is 24.6 Å². The van der Waals surface area contributed by atoms with E-state index in [-0.39, 0.29) is 0 Å². The molecule has 3 rings (SSSR count). The molecule has 1 aromatic rings. The minimum Gasteiger partial charge on any atom is -0.374 e. The molecule has 2 heterocycles. The van der Waals surface area contributed by atoms with Crippen molar-refractivity contribution >= 4 is 5.82 Å². The molecule has 2 unspecified atom stereocenters. The summed E-state index contributed by atoms with van der Waals surface area (Å²) in [5.41, 5.74) is 1.13. The van der Waals surface area contributed by atoms with Crippen LogP contribution in [0.15, 0.2) is 18.2 Å². The summed E-state index contributed by atoms with van der Waals surface area (Å²) in [6.45, 7) is 5.76. The molecule has 1 aromatic heterocycles. The van der Waals surface area contributed by atoms with E-state index in [1.54, 1.807) is 0 Å². The fourth-order valence-electron chi connectivity index (χ4n) is 3.36. The Morgan fingerprint density at radius 3 is 3.15 bits per heavy atom. The van der Waals surface area contributed by atoms with Crippen LogP contribution in [0, 0.1) is 0 Å². The molecule has 1 N–H and O–H groups in total. The summed E-state index contributed by atoms with van der Waals surface area (Å²) in [4.78, 5) is 7.31. The summed E-state index contributed by atoms with van der Waals surface area (Å²) >= 11 is 0. The Bertz CT molecular complexity index is 435. The van der Waals surface area contributed by atoms with E-state index in [0.717, 1.165) is 37.8 Å². The number of hydrogen-bond acceptors (Lipinski definition) is 4. The van der Waals surface area contributed by atoms with Gasteiger partial charge in [-0.3, -0.25) is 0 Å². The van der Waals surface area contributed by atoms with Gasteiger partial charge in [0.2, 0.25) is 0 Å². The van der Waals surface area contributed by atoms with Gasteiger partial charge >= 0.3 is 0 Å². The first kappa shape index (κ1) is 13.8. The third kappa shape index (κ3) is 2.96. The third-order valence-electron chi connectivity index (χ3n) is 4.37. The summed E-state index contributed by atoms with van der Waals surface area (Å²) in [7, 11) is 0. The second-order valence-corrected chi connectivity index (χ2v) is 5.72. The minimum absolute atomic E-state index is 0.414. The van der Waals surface area contributed by atoms with E-state index in [0.29, 0.717) is 12.1 Å². The molecule has 0 radical (unpaired) electrons. The molecule has 2 aliphatic rings. The quantitative estimate of drug-likeness (QED) is 0.915. The van der Waals surface area contributed by atoms with E-state index in [4.69, 9.17) is 9.72 Å². The van der Waals surface area contributed by atoms with Gasteiger partial charge in [-0.2, -0.15) is 0 Å². The largest absolute Gasteiger partial charge is 0.374 e. The van der Waals surface area contributed by atoms with Crippen LogP contribution in [-0.2, 0) is 11.3 Å². The number of nitrogens with one attached hydrogen (secondary N) is 1. The molecule has 0 aromatic carbocycles. The zero-order chi connectivity index (χ0) is 13.8. The molecule has 2 fully saturated rings. The van der Waals surface area contributed by atoms with Crippen LogP contribution in [0.4, 0.5) is 5.82 Å². The maximum Gasteiger partial charge on any atom is 0.129 e. The van der Waals surface area contributed by atoms with Gasteiger partial charge in [0.05, 0.1) is 24.4 Å². The Morgan fingerprint density at radius 1 is 1.35 bits per heavy atom. The number of pyridine rings is 1. The van der Waals surface area contributed by atoms with Crippen molar-refractivity contribution in [3.63, 3.8) is 0 Å². The summed E-state index contributed by atoms with van der Waals surface area (Å²) in [6, 6.07) is 6.90. The van der Waals surface area contributed by atoms with E-state index in [1.165, 1.54) is 25.7 Å². The Hall–Kier alpha value is -1.13. The lowest BCUT2D eigenvalue weighted by Crippen LogP contribution is -2.53. The number of anilines is 1. The molecular formula is C16H25N3O. The summed E-state index contributed by atoms with van der Waals surface area (Å²) in [6.07, 6.45) is 5.49. The zero-order valence-electron chi connectivity index (χ0n) is 12.3. The topological polar surface area (TPSA) is 37.4 Å². The Balaban J connectivity index is 1.76. The van der Waals surface area contributed by atoms with Crippen LogP contribution in [0.2, 0.25) is 0 Å². The average Bonchev–Trinajstić information content (AvgIpc) is 2.52. The SMILES string of the molecule is CCNCc1cccc(N2CCOC3CCCCC32)n1. The maximum absolute atomic E-state index is 5.95.